The molecule has 4 aromatic rings. The van der Waals surface area contributed by atoms with Crippen LogP contribution in [0, 0.1) is 0 Å². The predicted octanol–water partition coefficient (Wildman–Crippen LogP) is 10.4. The molecule has 0 aliphatic carbocycles. The topological polar surface area (TPSA) is 31.6 Å². The first-order valence-corrected chi connectivity index (χ1v) is 16.5. The lowest BCUT2D eigenvalue weighted by atomic mass is 9.77. The second-order valence-corrected chi connectivity index (χ2v) is 14.1. The van der Waals surface area contributed by atoms with E-state index < -0.39 is 0 Å². The van der Waals surface area contributed by atoms with Gasteiger partial charge < -0.3 is 9.97 Å². The van der Waals surface area contributed by atoms with Gasteiger partial charge in [0.15, 0.2) is 0 Å². The maximum Gasteiger partial charge on any atom is 0.0447 e. The van der Waals surface area contributed by atoms with Gasteiger partial charge in [0.1, 0.15) is 0 Å². The monoisotopic (exact) mass is 546 g/mol. The molecule has 0 fully saturated rings. The Bertz CT molecular complexity index is 1280. The van der Waals surface area contributed by atoms with Gasteiger partial charge >= 0.3 is 0 Å². The maximum atomic E-state index is 3.96. The van der Waals surface area contributed by atoms with Gasteiger partial charge in [-0.2, -0.15) is 0 Å². The summed E-state index contributed by atoms with van der Waals surface area (Å²) in [6.07, 6.45) is 6.57. The van der Waals surface area contributed by atoms with Crippen molar-refractivity contribution in [2.45, 2.75) is 116 Å². The van der Waals surface area contributed by atoms with E-state index in [2.05, 4.69) is 137 Å². The van der Waals surface area contributed by atoms with E-state index in [1.54, 1.807) is 0 Å². The highest BCUT2D eigenvalue weighted by Crippen LogP contribution is 2.52. The molecule has 5 rings (SSSR count). The van der Waals surface area contributed by atoms with Crippen molar-refractivity contribution in [1.82, 2.24) is 9.97 Å². The van der Waals surface area contributed by atoms with Crippen LogP contribution in [0.1, 0.15) is 136 Å². The van der Waals surface area contributed by atoms with Gasteiger partial charge in [-0.1, -0.05) is 41.5 Å². The van der Waals surface area contributed by atoms with Crippen molar-refractivity contribution in [3.8, 4) is 0 Å². The quantitative estimate of drug-likeness (QED) is 0.241. The molecule has 5 heterocycles. The van der Waals surface area contributed by atoms with Gasteiger partial charge in [-0.3, -0.25) is 0 Å². The first kappa shape index (κ1) is 27.5. The van der Waals surface area contributed by atoms with Crippen molar-refractivity contribution in [3.05, 3.63) is 90.8 Å². The number of thiophene rings is 2. The molecule has 1 aliphatic rings. The molecule has 4 heteroatoms. The molecule has 204 valence electrons. The number of aromatic amines is 2. The highest BCUT2D eigenvalue weighted by atomic mass is 32.1. The second-order valence-electron chi connectivity index (χ2n) is 11.9. The molecule has 2 N–H and O–H groups in total. The van der Waals surface area contributed by atoms with Crippen LogP contribution in [0.3, 0.4) is 0 Å². The van der Waals surface area contributed by atoms with Crippen LogP contribution in [0.25, 0.3) is 0 Å². The van der Waals surface area contributed by atoms with Crippen molar-refractivity contribution >= 4 is 22.7 Å². The number of aromatic nitrogens is 2. The molecule has 0 atom stereocenters. The summed E-state index contributed by atoms with van der Waals surface area (Å²) in [7, 11) is 0. The Labute approximate surface area is 238 Å². The van der Waals surface area contributed by atoms with Crippen LogP contribution < -0.4 is 0 Å². The molecule has 0 amide bonds. The third-order valence-electron chi connectivity index (χ3n) is 10.5. The lowest BCUT2D eigenvalue weighted by Gasteiger charge is -2.33. The molecule has 0 unspecified atom stereocenters. The van der Waals surface area contributed by atoms with Gasteiger partial charge in [0.05, 0.1) is 0 Å². The third kappa shape index (κ3) is 3.69. The average Bonchev–Trinajstić information content (AvgIpc) is 3.75. The minimum atomic E-state index is -0.144. The van der Waals surface area contributed by atoms with Crippen LogP contribution in [-0.2, 0) is 21.7 Å². The third-order valence-corrected chi connectivity index (χ3v) is 13.5. The van der Waals surface area contributed by atoms with Gasteiger partial charge in [0, 0.05) is 63.9 Å². The Kier molecular flexibility index (Phi) is 7.14. The van der Waals surface area contributed by atoms with Crippen LogP contribution in [0.5, 0.6) is 0 Å². The molecule has 0 saturated carbocycles. The van der Waals surface area contributed by atoms with Crippen molar-refractivity contribution in [1.29, 1.82) is 0 Å². The lowest BCUT2D eigenvalue weighted by Crippen LogP contribution is -2.28. The minimum Gasteiger partial charge on any atom is -0.361 e. The standard InChI is InChI=1S/C34H46N2S2/c1-9-32(10-2)25-17-15-23(35-25)31(7,8)24-16-18-26(36-24)33(11-3,12-4)28-20-22-30(38-28)34(13-5,14-6)29-21-19-27(32)37-29/h15-22,35-36H,9-14H2,1-8H3. The molecule has 0 aromatic carbocycles. The molecular weight excluding hydrogens is 501 g/mol. The molecule has 0 spiro atoms. The summed E-state index contributed by atoms with van der Waals surface area (Å²) < 4.78 is 0. The predicted molar refractivity (Wildman–Crippen MR) is 166 cm³/mol. The van der Waals surface area contributed by atoms with Crippen molar-refractivity contribution in [3.63, 3.8) is 0 Å². The number of hydrogen-bond acceptors (Lipinski definition) is 2. The van der Waals surface area contributed by atoms with E-state index in [0.717, 1.165) is 38.5 Å². The van der Waals surface area contributed by atoms with E-state index >= 15 is 0 Å². The Morgan fingerprint density at radius 1 is 0.447 bits per heavy atom. The van der Waals surface area contributed by atoms with Crippen molar-refractivity contribution in [2.24, 2.45) is 0 Å². The van der Waals surface area contributed by atoms with E-state index in [4.69, 9.17) is 0 Å². The van der Waals surface area contributed by atoms with Crippen molar-refractivity contribution < 1.29 is 0 Å². The lowest BCUT2D eigenvalue weighted by molar-refractivity contribution is 0.467. The summed E-state index contributed by atoms with van der Waals surface area (Å²) >= 11 is 4.13. The van der Waals surface area contributed by atoms with Gasteiger partial charge in [-0.05, 0) is 101 Å². The van der Waals surface area contributed by atoms with E-state index in [1.807, 2.05) is 0 Å². The summed E-state index contributed by atoms with van der Waals surface area (Å²) in [6.45, 7) is 18.9. The molecule has 1 aliphatic heterocycles. The normalized spacial score (nSPS) is 18.9. The summed E-state index contributed by atoms with van der Waals surface area (Å²) in [4.78, 5) is 14.0. The summed E-state index contributed by atoms with van der Waals surface area (Å²) in [5.74, 6) is 0. The summed E-state index contributed by atoms with van der Waals surface area (Å²) in [5, 5.41) is 0. The fourth-order valence-corrected chi connectivity index (χ4v) is 10.7. The fourth-order valence-electron chi connectivity index (χ4n) is 7.22. The number of nitrogens with one attached hydrogen (secondary N) is 2. The molecular formula is C34H46N2S2. The van der Waals surface area contributed by atoms with Gasteiger partial charge in [0.2, 0.25) is 0 Å². The Morgan fingerprint density at radius 2 is 0.737 bits per heavy atom. The molecule has 4 aromatic heterocycles. The van der Waals surface area contributed by atoms with E-state index in [-0.39, 0.29) is 21.7 Å². The van der Waals surface area contributed by atoms with Crippen LogP contribution in [0.15, 0.2) is 48.5 Å². The van der Waals surface area contributed by atoms with Crippen LogP contribution in [-0.4, -0.2) is 9.97 Å². The largest absolute Gasteiger partial charge is 0.361 e. The van der Waals surface area contributed by atoms with E-state index in [0.29, 0.717) is 0 Å². The Balaban J connectivity index is 1.83. The van der Waals surface area contributed by atoms with Crippen LogP contribution in [0.4, 0.5) is 0 Å². The zero-order chi connectivity index (χ0) is 27.3. The molecule has 8 bridgehead atoms. The highest BCUT2D eigenvalue weighted by molar-refractivity contribution is 7.14. The van der Waals surface area contributed by atoms with E-state index in [1.165, 1.54) is 42.3 Å². The Morgan fingerprint density at radius 3 is 1.05 bits per heavy atom. The fraction of sp³-hybridized carbons (Fsp3) is 0.529. The zero-order valence-corrected chi connectivity index (χ0v) is 26.3. The number of rotatable bonds is 6. The van der Waals surface area contributed by atoms with E-state index in [9.17, 15) is 0 Å². The van der Waals surface area contributed by atoms with Crippen LogP contribution >= 0.6 is 22.7 Å². The molecule has 38 heavy (non-hydrogen) atoms. The number of hydrogen-bond donors (Lipinski definition) is 2. The number of H-pyrrole nitrogens is 2. The van der Waals surface area contributed by atoms with Gasteiger partial charge in [0.25, 0.3) is 0 Å². The average molecular weight is 547 g/mol. The van der Waals surface area contributed by atoms with Crippen molar-refractivity contribution in [2.75, 3.05) is 0 Å². The van der Waals surface area contributed by atoms with Gasteiger partial charge in [-0.25, -0.2) is 0 Å². The second kappa shape index (κ2) is 9.86. The summed E-state index contributed by atoms with van der Waals surface area (Å²) in [6, 6.07) is 19.2. The van der Waals surface area contributed by atoms with Crippen LogP contribution in [0.2, 0.25) is 0 Å². The molecule has 0 radical (unpaired) electrons. The summed E-state index contributed by atoms with van der Waals surface area (Å²) in [5.41, 5.74) is 5.19. The number of fused-ring (bicyclic) bond motifs is 8. The maximum absolute atomic E-state index is 3.96. The molecule has 0 saturated heterocycles. The minimum absolute atomic E-state index is 0.00260. The first-order valence-electron chi connectivity index (χ1n) is 14.8. The first-order chi connectivity index (χ1) is 18.2. The Hall–Kier alpha value is -2.04. The molecule has 2 nitrogen and oxygen atoms in total. The zero-order valence-electron chi connectivity index (χ0n) is 24.7. The SMILES string of the molecule is CCC1(CC)c2ccc([nH]2)C(C)(C)c2ccc([nH]2)C(CC)(CC)c2ccc(s2)C(CC)(CC)c2ccc1s2. The highest BCUT2D eigenvalue weighted by Gasteiger charge is 2.42. The smallest absolute Gasteiger partial charge is 0.0447 e. The van der Waals surface area contributed by atoms with Gasteiger partial charge in [-0.15, -0.1) is 22.7 Å².